The molecule has 2 rings (SSSR count). The summed E-state index contributed by atoms with van der Waals surface area (Å²) in [4.78, 5) is 23.6. The maximum Gasteiger partial charge on any atom is 0.276 e. The van der Waals surface area contributed by atoms with Crippen LogP contribution >= 0.6 is 11.6 Å². The summed E-state index contributed by atoms with van der Waals surface area (Å²) in [6, 6.07) is 12.7. The number of halogens is 1. The van der Waals surface area contributed by atoms with Gasteiger partial charge in [-0.3, -0.25) is 20.4 Å². The smallest absolute Gasteiger partial charge is 0.276 e. The Bertz CT molecular complexity index is 809. The van der Waals surface area contributed by atoms with E-state index in [1.807, 2.05) is 31.2 Å². The van der Waals surface area contributed by atoms with Crippen molar-refractivity contribution in [2.75, 3.05) is 13.2 Å². The number of rotatable bonds is 8. The summed E-state index contributed by atoms with van der Waals surface area (Å²) in [6.07, 6.45) is 1.06. The van der Waals surface area contributed by atoms with E-state index in [0.29, 0.717) is 22.4 Å². The van der Waals surface area contributed by atoms with Crippen molar-refractivity contribution in [2.45, 2.75) is 33.1 Å². The first-order valence-electron chi connectivity index (χ1n) is 9.08. The molecular formula is C21H25ClN2O4. The Balaban J connectivity index is 1.68. The molecule has 0 aliphatic carbocycles. The van der Waals surface area contributed by atoms with E-state index >= 15 is 0 Å². The normalized spacial score (nSPS) is 11.4. The van der Waals surface area contributed by atoms with Crippen LogP contribution in [0.15, 0.2) is 42.5 Å². The van der Waals surface area contributed by atoms with Gasteiger partial charge >= 0.3 is 0 Å². The summed E-state index contributed by atoms with van der Waals surface area (Å²) in [5, 5.41) is 0.624. The Hall–Kier alpha value is -2.73. The first-order chi connectivity index (χ1) is 13.4. The molecule has 0 bridgehead atoms. The van der Waals surface area contributed by atoms with Crippen molar-refractivity contribution in [1.82, 2.24) is 10.9 Å². The number of benzene rings is 2. The molecule has 0 aliphatic heterocycles. The number of carbonyl (C=O) groups is 2. The Morgan fingerprint density at radius 3 is 2.04 bits per heavy atom. The van der Waals surface area contributed by atoms with Crippen molar-refractivity contribution < 1.29 is 19.1 Å². The summed E-state index contributed by atoms with van der Waals surface area (Å²) in [5.41, 5.74) is 6.63. The molecule has 2 amide bonds. The third kappa shape index (κ3) is 6.78. The lowest BCUT2D eigenvalue weighted by molar-refractivity contribution is -0.131. The highest BCUT2D eigenvalue weighted by Crippen LogP contribution is 2.22. The predicted molar refractivity (Wildman–Crippen MR) is 109 cm³/mol. The summed E-state index contributed by atoms with van der Waals surface area (Å²) >= 11 is 5.94. The number of hydrogen-bond acceptors (Lipinski definition) is 4. The van der Waals surface area contributed by atoms with Crippen LogP contribution in [-0.2, 0) is 9.59 Å². The number of aryl methyl sites for hydroxylation is 1. The van der Waals surface area contributed by atoms with Crippen LogP contribution in [0, 0.1) is 6.92 Å². The second kappa shape index (κ2) is 10.6. The Morgan fingerprint density at radius 1 is 0.964 bits per heavy atom. The van der Waals surface area contributed by atoms with Gasteiger partial charge in [-0.1, -0.05) is 37.6 Å². The third-order valence-corrected chi connectivity index (χ3v) is 4.70. The van der Waals surface area contributed by atoms with Crippen molar-refractivity contribution in [3.8, 4) is 11.5 Å². The number of hydrogen-bond donors (Lipinski definition) is 2. The van der Waals surface area contributed by atoms with Gasteiger partial charge in [0.1, 0.15) is 11.5 Å². The molecule has 0 heterocycles. The molecule has 0 aliphatic rings. The second-order valence-electron chi connectivity index (χ2n) is 6.46. The molecule has 150 valence electrons. The summed E-state index contributed by atoms with van der Waals surface area (Å²) < 4.78 is 10.8. The maximum absolute atomic E-state index is 11.8. The van der Waals surface area contributed by atoms with Gasteiger partial charge < -0.3 is 9.47 Å². The van der Waals surface area contributed by atoms with Crippen molar-refractivity contribution >= 4 is 23.4 Å². The molecule has 1 atom stereocenters. The fourth-order valence-electron chi connectivity index (χ4n) is 2.34. The molecule has 6 nitrogen and oxygen atoms in total. The summed E-state index contributed by atoms with van der Waals surface area (Å²) in [7, 11) is 0. The standard InChI is InChI=1S/C21H25ClN2O4/c1-4-14(2)16-5-7-17(8-6-16)27-12-20(25)23-24-21(26)13-28-18-9-10-19(22)15(3)11-18/h5-11,14H,4,12-13H2,1-3H3,(H,23,25)(H,24,26)/t14-/m1/s1. The van der Waals surface area contributed by atoms with Gasteiger partial charge in [-0.15, -0.1) is 0 Å². The highest BCUT2D eigenvalue weighted by atomic mass is 35.5. The van der Waals surface area contributed by atoms with Gasteiger partial charge in [0.2, 0.25) is 0 Å². The topological polar surface area (TPSA) is 76.7 Å². The number of ether oxygens (including phenoxy) is 2. The van der Waals surface area contributed by atoms with Crippen LogP contribution in [0.4, 0.5) is 0 Å². The minimum Gasteiger partial charge on any atom is -0.484 e. The Morgan fingerprint density at radius 2 is 1.50 bits per heavy atom. The van der Waals surface area contributed by atoms with E-state index in [1.165, 1.54) is 5.56 Å². The van der Waals surface area contributed by atoms with Crippen LogP contribution in [-0.4, -0.2) is 25.0 Å². The van der Waals surface area contributed by atoms with E-state index < -0.39 is 11.8 Å². The van der Waals surface area contributed by atoms with Gasteiger partial charge in [0.15, 0.2) is 13.2 Å². The van der Waals surface area contributed by atoms with E-state index in [-0.39, 0.29) is 13.2 Å². The van der Waals surface area contributed by atoms with Crippen molar-refractivity contribution in [3.63, 3.8) is 0 Å². The van der Waals surface area contributed by atoms with Crippen molar-refractivity contribution in [2.24, 2.45) is 0 Å². The van der Waals surface area contributed by atoms with Gasteiger partial charge in [-0.05, 0) is 60.7 Å². The molecule has 0 spiro atoms. The number of hydrazine groups is 1. The number of nitrogens with one attached hydrogen (secondary N) is 2. The van der Waals surface area contributed by atoms with Crippen LogP contribution in [0.2, 0.25) is 5.02 Å². The quantitative estimate of drug-likeness (QED) is 0.656. The number of carbonyl (C=O) groups excluding carboxylic acids is 2. The summed E-state index contributed by atoms with van der Waals surface area (Å²) in [5.74, 6) is 0.634. The first-order valence-corrected chi connectivity index (χ1v) is 9.46. The van der Waals surface area contributed by atoms with E-state index in [2.05, 4.69) is 24.7 Å². The first kappa shape index (κ1) is 21.6. The molecule has 0 saturated carbocycles. The van der Waals surface area contributed by atoms with E-state index in [1.54, 1.807) is 18.2 Å². The minimum absolute atomic E-state index is 0.208. The highest BCUT2D eigenvalue weighted by Gasteiger charge is 2.08. The maximum atomic E-state index is 11.8. The zero-order valence-electron chi connectivity index (χ0n) is 16.3. The molecular weight excluding hydrogens is 380 g/mol. The zero-order valence-corrected chi connectivity index (χ0v) is 17.0. The Labute approximate surface area is 170 Å². The van der Waals surface area contributed by atoms with Gasteiger partial charge in [0.05, 0.1) is 0 Å². The van der Waals surface area contributed by atoms with Gasteiger partial charge in [-0.25, -0.2) is 0 Å². The number of amides is 2. The summed E-state index contributed by atoms with van der Waals surface area (Å²) in [6.45, 7) is 5.69. The molecule has 2 N–H and O–H groups in total. The molecule has 7 heteroatoms. The van der Waals surface area contributed by atoms with Crippen LogP contribution in [0.25, 0.3) is 0 Å². The minimum atomic E-state index is -0.487. The molecule has 2 aromatic carbocycles. The van der Waals surface area contributed by atoms with Crippen LogP contribution in [0.3, 0.4) is 0 Å². The molecule has 0 fully saturated rings. The lowest BCUT2D eigenvalue weighted by atomic mass is 9.99. The molecule has 2 aromatic rings. The van der Waals surface area contributed by atoms with E-state index in [4.69, 9.17) is 21.1 Å². The second-order valence-corrected chi connectivity index (χ2v) is 6.87. The SMILES string of the molecule is CC[C@@H](C)c1ccc(OCC(=O)NNC(=O)COc2ccc(Cl)c(C)c2)cc1. The monoisotopic (exact) mass is 404 g/mol. The lowest BCUT2D eigenvalue weighted by Crippen LogP contribution is -2.45. The molecule has 0 radical (unpaired) electrons. The predicted octanol–water partition coefficient (Wildman–Crippen LogP) is 3.77. The average Bonchev–Trinajstić information content (AvgIpc) is 2.71. The van der Waals surface area contributed by atoms with Gasteiger partial charge in [0, 0.05) is 5.02 Å². The van der Waals surface area contributed by atoms with Crippen molar-refractivity contribution in [1.29, 1.82) is 0 Å². The van der Waals surface area contributed by atoms with Crippen LogP contribution < -0.4 is 20.3 Å². The Kier molecular flexibility index (Phi) is 8.14. The average molecular weight is 405 g/mol. The zero-order chi connectivity index (χ0) is 20.5. The molecule has 0 saturated heterocycles. The van der Waals surface area contributed by atoms with Crippen LogP contribution in [0.1, 0.15) is 37.3 Å². The van der Waals surface area contributed by atoms with Crippen LogP contribution in [0.5, 0.6) is 11.5 Å². The van der Waals surface area contributed by atoms with Gasteiger partial charge in [-0.2, -0.15) is 0 Å². The fourth-order valence-corrected chi connectivity index (χ4v) is 2.46. The molecule has 0 unspecified atom stereocenters. The highest BCUT2D eigenvalue weighted by molar-refractivity contribution is 6.31. The molecule has 0 aromatic heterocycles. The largest absolute Gasteiger partial charge is 0.484 e. The van der Waals surface area contributed by atoms with Crippen molar-refractivity contribution in [3.05, 3.63) is 58.6 Å². The third-order valence-electron chi connectivity index (χ3n) is 4.27. The van der Waals surface area contributed by atoms with E-state index in [9.17, 15) is 9.59 Å². The molecule has 28 heavy (non-hydrogen) atoms. The van der Waals surface area contributed by atoms with Gasteiger partial charge in [0.25, 0.3) is 11.8 Å². The van der Waals surface area contributed by atoms with E-state index in [0.717, 1.165) is 12.0 Å². The fraction of sp³-hybridized carbons (Fsp3) is 0.333. The lowest BCUT2D eigenvalue weighted by Gasteiger charge is -2.11.